The van der Waals surface area contributed by atoms with E-state index in [1.54, 1.807) is 0 Å². The SMILES string of the molecule is CN1c2ccccc2N2c3c(ccc4c3sc3ccccc34)CC12. The predicted molar refractivity (Wildman–Crippen MR) is 104 cm³/mol. The molecule has 4 aromatic rings. The molecule has 0 saturated heterocycles. The number of nitrogens with zero attached hydrogens (tertiary/aromatic N) is 2. The molecule has 0 radical (unpaired) electrons. The highest BCUT2D eigenvalue weighted by atomic mass is 32.1. The van der Waals surface area contributed by atoms with Gasteiger partial charge in [-0.25, -0.2) is 0 Å². The second kappa shape index (κ2) is 4.31. The van der Waals surface area contributed by atoms with Crippen molar-refractivity contribution in [1.29, 1.82) is 0 Å². The maximum absolute atomic E-state index is 2.56. The summed E-state index contributed by atoms with van der Waals surface area (Å²) in [6.07, 6.45) is 1.50. The number of likely N-dealkylation sites (N-methyl/N-ethyl adjacent to an activating group) is 1. The van der Waals surface area contributed by atoms with E-state index in [1.807, 2.05) is 11.3 Å². The van der Waals surface area contributed by atoms with Crippen LogP contribution in [0.3, 0.4) is 0 Å². The largest absolute Gasteiger partial charge is 0.352 e. The van der Waals surface area contributed by atoms with Crippen LogP contribution in [0.1, 0.15) is 5.56 Å². The molecule has 2 aliphatic heterocycles. The summed E-state index contributed by atoms with van der Waals surface area (Å²) in [7, 11) is 2.22. The molecule has 0 bridgehead atoms. The maximum Gasteiger partial charge on any atom is 0.110 e. The Morgan fingerprint density at radius 2 is 1.67 bits per heavy atom. The van der Waals surface area contributed by atoms with E-state index in [4.69, 9.17) is 0 Å². The molecule has 3 heterocycles. The summed E-state index contributed by atoms with van der Waals surface area (Å²) in [5.41, 5.74) is 5.58. The summed E-state index contributed by atoms with van der Waals surface area (Å²) in [5, 5.41) is 2.77. The van der Waals surface area contributed by atoms with E-state index < -0.39 is 0 Å². The second-order valence-electron chi connectivity index (χ2n) is 6.70. The van der Waals surface area contributed by atoms with Crippen LogP contribution < -0.4 is 9.80 Å². The summed E-state index contributed by atoms with van der Waals surface area (Å²) in [4.78, 5) is 4.98. The van der Waals surface area contributed by atoms with Crippen LogP contribution in [0.4, 0.5) is 17.1 Å². The van der Waals surface area contributed by atoms with Gasteiger partial charge in [-0.05, 0) is 23.8 Å². The van der Waals surface area contributed by atoms with Crippen molar-refractivity contribution in [1.82, 2.24) is 0 Å². The molecular formula is C21H16N2S. The number of para-hydroxylation sites is 2. The van der Waals surface area contributed by atoms with Crippen LogP contribution >= 0.6 is 11.3 Å². The van der Waals surface area contributed by atoms with Crippen LogP contribution in [0, 0.1) is 0 Å². The van der Waals surface area contributed by atoms with Crippen molar-refractivity contribution in [3.05, 3.63) is 66.2 Å². The van der Waals surface area contributed by atoms with Gasteiger partial charge in [0.25, 0.3) is 0 Å². The van der Waals surface area contributed by atoms with Crippen molar-refractivity contribution in [2.45, 2.75) is 12.6 Å². The summed E-state index contributed by atoms with van der Waals surface area (Å²) >= 11 is 1.93. The van der Waals surface area contributed by atoms with Gasteiger partial charge in [0.2, 0.25) is 0 Å². The van der Waals surface area contributed by atoms with Gasteiger partial charge >= 0.3 is 0 Å². The molecule has 6 rings (SSSR count). The monoisotopic (exact) mass is 328 g/mol. The van der Waals surface area contributed by atoms with E-state index in [2.05, 4.69) is 77.5 Å². The van der Waals surface area contributed by atoms with E-state index in [0.717, 1.165) is 6.42 Å². The van der Waals surface area contributed by atoms with Crippen molar-refractivity contribution in [3.8, 4) is 0 Å². The first kappa shape index (κ1) is 12.8. The molecule has 0 fully saturated rings. The molecule has 0 aliphatic carbocycles. The van der Waals surface area contributed by atoms with E-state index in [1.165, 1.54) is 42.8 Å². The van der Waals surface area contributed by atoms with E-state index in [-0.39, 0.29) is 0 Å². The van der Waals surface area contributed by atoms with Crippen LogP contribution in [0.15, 0.2) is 60.7 Å². The lowest BCUT2D eigenvalue weighted by Crippen LogP contribution is -2.35. The van der Waals surface area contributed by atoms with Crippen molar-refractivity contribution in [2.75, 3.05) is 16.8 Å². The van der Waals surface area contributed by atoms with Gasteiger partial charge in [0.05, 0.1) is 21.8 Å². The molecule has 0 amide bonds. The number of rotatable bonds is 0. The highest BCUT2D eigenvalue weighted by molar-refractivity contribution is 7.26. The molecule has 0 spiro atoms. The first-order valence-electron chi connectivity index (χ1n) is 8.37. The summed E-state index contributed by atoms with van der Waals surface area (Å²) in [6, 6.07) is 22.2. The smallest absolute Gasteiger partial charge is 0.110 e. The fourth-order valence-corrected chi connectivity index (χ4v) is 5.67. The van der Waals surface area contributed by atoms with Crippen LogP contribution in [0.25, 0.3) is 20.2 Å². The minimum absolute atomic E-state index is 0.410. The fraction of sp³-hybridized carbons (Fsp3) is 0.143. The molecule has 2 aliphatic rings. The average molecular weight is 328 g/mol. The lowest BCUT2D eigenvalue weighted by atomic mass is 10.1. The zero-order valence-electron chi connectivity index (χ0n) is 13.4. The third-order valence-electron chi connectivity index (χ3n) is 5.51. The Morgan fingerprint density at radius 1 is 0.875 bits per heavy atom. The van der Waals surface area contributed by atoms with Gasteiger partial charge in [-0.1, -0.05) is 42.5 Å². The van der Waals surface area contributed by atoms with Gasteiger partial charge in [-0.15, -0.1) is 11.3 Å². The van der Waals surface area contributed by atoms with Crippen LogP contribution in [-0.4, -0.2) is 13.2 Å². The van der Waals surface area contributed by atoms with Gasteiger partial charge in [-0.2, -0.15) is 0 Å². The topological polar surface area (TPSA) is 6.48 Å². The molecule has 116 valence electrons. The zero-order valence-corrected chi connectivity index (χ0v) is 14.2. The summed E-state index contributed by atoms with van der Waals surface area (Å²) in [6.45, 7) is 0. The van der Waals surface area contributed by atoms with Gasteiger partial charge in [0, 0.05) is 28.9 Å². The number of hydrogen-bond donors (Lipinski definition) is 0. The van der Waals surface area contributed by atoms with Crippen LogP contribution in [-0.2, 0) is 6.42 Å². The Morgan fingerprint density at radius 3 is 2.58 bits per heavy atom. The van der Waals surface area contributed by atoms with Crippen molar-refractivity contribution >= 4 is 48.6 Å². The van der Waals surface area contributed by atoms with Crippen LogP contribution in [0.5, 0.6) is 0 Å². The Kier molecular flexibility index (Phi) is 2.31. The maximum atomic E-state index is 2.56. The first-order valence-corrected chi connectivity index (χ1v) is 9.19. The Labute approximate surface area is 144 Å². The van der Waals surface area contributed by atoms with E-state index in [9.17, 15) is 0 Å². The van der Waals surface area contributed by atoms with Crippen molar-refractivity contribution < 1.29 is 0 Å². The van der Waals surface area contributed by atoms with E-state index in [0.29, 0.717) is 6.17 Å². The fourth-order valence-electron chi connectivity index (χ4n) is 4.40. The number of hydrogen-bond acceptors (Lipinski definition) is 3. The molecule has 3 heteroatoms. The molecule has 0 saturated carbocycles. The third kappa shape index (κ3) is 1.42. The Bertz CT molecular complexity index is 1130. The Balaban J connectivity index is 1.71. The summed E-state index contributed by atoms with van der Waals surface area (Å²) < 4.78 is 2.81. The molecule has 1 aromatic heterocycles. The number of benzene rings is 3. The average Bonchev–Trinajstić information content (AvgIpc) is 3.25. The van der Waals surface area contributed by atoms with Gasteiger partial charge in [0.1, 0.15) is 6.17 Å². The van der Waals surface area contributed by atoms with Gasteiger partial charge in [0.15, 0.2) is 0 Å². The first-order chi connectivity index (χ1) is 11.8. The van der Waals surface area contributed by atoms with Gasteiger partial charge in [-0.3, -0.25) is 0 Å². The summed E-state index contributed by atoms with van der Waals surface area (Å²) in [5.74, 6) is 0. The van der Waals surface area contributed by atoms with Crippen LogP contribution in [0.2, 0.25) is 0 Å². The van der Waals surface area contributed by atoms with Crippen molar-refractivity contribution in [2.24, 2.45) is 0 Å². The molecule has 3 aromatic carbocycles. The molecule has 1 atom stereocenters. The predicted octanol–water partition coefficient (Wildman–Crippen LogP) is 5.52. The molecule has 1 unspecified atom stereocenters. The molecule has 0 N–H and O–H groups in total. The quantitative estimate of drug-likeness (QED) is 0.419. The van der Waals surface area contributed by atoms with Gasteiger partial charge < -0.3 is 9.80 Å². The Hall–Kier alpha value is -2.52. The minimum atomic E-state index is 0.410. The lowest BCUT2D eigenvalue weighted by Gasteiger charge is -2.24. The zero-order chi connectivity index (χ0) is 15.8. The molecule has 24 heavy (non-hydrogen) atoms. The standard InChI is InChI=1S/C21H16N2S/c1-22-16-7-3-4-8-17(16)23-19(22)12-13-10-11-15-14-6-2-5-9-18(14)24-21(15)20(13)23/h2-11,19H,12H2,1H3. The second-order valence-corrected chi connectivity index (χ2v) is 7.75. The number of thiophene rings is 1. The van der Waals surface area contributed by atoms with E-state index >= 15 is 0 Å². The minimum Gasteiger partial charge on any atom is -0.352 e. The normalized spacial score (nSPS) is 18.3. The third-order valence-corrected chi connectivity index (χ3v) is 6.71. The lowest BCUT2D eigenvalue weighted by molar-refractivity contribution is 0.704. The molecular weight excluding hydrogens is 312 g/mol. The number of fused-ring (bicyclic) bond motifs is 9. The van der Waals surface area contributed by atoms with Crippen molar-refractivity contribution in [3.63, 3.8) is 0 Å². The highest BCUT2D eigenvalue weighted by Crippen LogP contribution is 2.53. The molecule has 2 nitrogen and oxygen atoms in total. The number of anilines is 3. The highest BCUT2D eigenvalue weighted by Gasteiger charge is 2.41.